The van der Waals surface area contributed by atoms with Crippen molar-refractivity contribution in [3.05, 3.63) is 191 Å². The molecule has 0 aliphatic carbocycles. The van der Waals surface area contributed by atoms with Gasteiger partial charge < -0.3 is 5.11 Å². The highest BCUT2D eigenvalue weighted by molar-refractivity contribution is 5.98. The number of benzene rings is 7. The third kappa shape index (κ3) is 8.05. The molecule has 0 unspecified atom stereocenters. The van der Waals surface area contributed by atoms with Gasteiger partial charge in [-0.15, -0.1) is 0 Å². The topological polar surface area (TPSA) is 50.9 Å². The zero-order valence-corrected chi connectivity index (χ0v) is 38.3. The van der Waals surface area contributed by atoms with Gasteiger partial charge in [-0.1, -0.05) is 150 Å². The quantitative estimate of drug-likeness (QED) is 0.174. The summed E-state index contributed by atoms with van der Waals surface area (Å²) in [5.41, 5.74) is 17.0. The van der Waals surface area contributed by atoms with Gasteiger partial charge in [-0.05, 0) is 148 Å². The zero-order valence-electron chi connectivity index (χ0n) is 41.3. The number of phenols is 1. The molecule has 64 heavy (non-hydrogen) atoms. The van der Waals surface area contributed by atoms with Crippen molar-refractivity contribution in [3.63, 3.8) is 0 Å². The minimum atomic E-state index is -2.47. The largest absolute Gasteiger partial charge is 0.507 e. The third-order valence-electron chi connectivity index (χ3n) is 12.4. The predicted molar refractivity (Wildman–Crippen MR) is 269 cm³/mol. The van der Waals surface area contributed by atoms with Crippen LogP contribution in [0.3, 0.4) is 0 Å². The number of nitrogens with zero attached hydrogens (tertiary/aromatic N) is 3. The second-order valence-corrected chi connectivity index (χ2v) is 19.4. The molecular formula is C60H57N3O. The summed E-state index contributed by atoms with van der Waals surface area (Å²) in [7, 11) is 0. The Balaban J connectivity index is 1.36. The van der Waals surface area contributed by atoms with Crippen LogP contribution in [0.15, 0.2) is 158 Å². The van der Waals surface area contributed by atoms with Crippen LogP contribution in [0.4, 0.5) is 0 Å². The molecule has 4 nitrogen and oxygen atoms in total. The van der Waals surface area contributed by atoms with E-state index >= 15 is 0 Å². The molecule has 9 aromatic rings. The molecule has 0 aliphatic rings. The molecule has 0 radical (unpaired) electrons. The van der Waals surface area contributed by atoms with E-state index in [4.69, 9.17) is 14.1 Å². The lowest BCUT2D eigenvalue weighted by Gasteiger charge is -2.22. The lowest BCUT2D eigenvalue weighted by molar-refractivity contribution is 0.472. The molecule has 0 aliphatic heterocycles. The second-order valence-electron chi connectivity index (χ2n) is 19.4. The first kappa shape index (κ1) is 38.6. The lowest BCUT2D eigenvalue weighted by Crippen LogP contribution is -2.11. The van der Waals surface area contributed by atoms with Crippen molar-refractivity contribution >= 4 is 11.0 Å². The van der Waals surface area contributed by atoms with E-state index in [0.29, 0.717) is 28.2 Å². The third-order valence-corrected chi connectivity index (χ3v) is 12.4. The monoisotopic (exact) mass is 838 g/mol. The summed E-state index contributed by atoms with van der Waals surface area (Å²) in [4.78, 5) is 10.5. The molecule has 318 valence electrons. The van der Waals surface area contributed by atoms with Gasteiger partial charge in [0.1, 0.15) is 11.6 Å². The number of rotatable bonds is 7. The van der Waals surface area contributed by atoms with Crippen molar-refractivity contribution in [2.24, 2.45) is 0 Å². The molecule has 0 fully saturated rings. The second kappa shape index (κ2) is 16.3. The summed E-state index contributed by atoms with van der Waals surface area (Å²) in [5.74, 6) is 0.621. The summed E-state index contributed by atoms with van der Waals surface area (Å²) >= 11 is 0. The maximum Gasteiger partial charge on any atom is 0.149 e. The van der Waals surface area contributed by atoms with Gasteiger partial charge in [-0.25, -0.2) is 4.98 Å². The first-order valence-corrected chi connectivity index (χ1v) is 22.1. The van der Waals surface area contributed by atoms with E-state index in [-0.39, 0.29) is 22.1 Å². The predicted octanol–water partition coefficient (Wildman–Crippen LogP) is 16.0. The number of aromatic nitrogens is 3. The molecule has 1 N–H and O–H groups in total. The molecule has 4 heteroatoms. The van der Waals surface area contributed by atoms with Crippen LogP contribution in [0, 0.1) is 27.6 Å². The van der Waals surface area contributed by atoms with Crippen molar-refractivity contribution in [2.75, 3.05) is 0 Å². The lowest BCUT2D eigenvalue weighted by atomic mass is 9.83. The normalized spacial score (nSPS) is 12.9. The van der Waals surface area contributed by atoms with Gasteiger partial charge in [0.2, 0.25) is 0 Å². The Morgan fingerprint density at radius 3 is 1.89 bits per heavy atom. The van der Waals surface area contributed by atoms with Crippen LogP contribution < -0.4 is 0 Å². The molecule has 0 amide bonds. The van der Waals surface area contributed by atoms with Crippen LogP contribution in [-0.2, 0) is 10.8 Å². The molecule has 7 aromatic carbocycles. The van der Waals surface area contributed by atoms with Crippen LogP contribution in [0.1, 0.15) is 79.0 Å². The maximum atomic E-state index is 12.0. The number of aromatic hydroxyl groups is 1. The highest BCUT2D eigenvalue weighted by Crippen LogP contribution is 2.44. The van der Waals surface area contributed by atoms with Crippen molar-refractivity contribution in [2.45, 2.75) is 80.0 Å². The number of hydrogen-bond donors (Lipinski definition) is 1. The van der Waals surface area contributed by atoms with Crippen LogP contribution in [0.5, 0.6) is 5.75 Å². The SMILES string of the molecule is [2H]C([2H])([2H])c1cc(-n2c(-c3cc(C)cc(C)c3O)nc3c(-c4cc(-c5cc(-c6ccc(C)cc6)ccn5)cc(C(C)(C)C)c4)cccc32)c(-c2ccc(C(C)(C)C)cc2)cc1-c1ccccc1. The summed E-state index contributed by atoms with van der Waals surface area (Å²) in [5, 5.41) is 12.0. The van der Waals surface area contributed by atoms with Gasteiger partial charge in [0.15, 0.2) is 0 Å². The summed E-state index contributed by atoms with van der Waals surface area (Å²) in [6.45, 7) is 16.8. The fourth-order valence-electron chi connectivity index (χ4n) is 8.78. The van der Waals surface area contributed by atoms with Crippen LogP contribution in [-0.4, -0.2) is 19.6 Å². The summed E-state index contributed by atoms with van der Waals surface area (Å²) in [6, 6.07) is 51.7. The molecule has 2 heterocycles. The molecule has 2 aromatic heterocycles. The molecule has 0 atom stereocenters. The van der Waals surface area contributed by atoms with Gasteiger partial charge in [0, 0.05) is 27.0 Å². The van der Waals surface area contributed by atoms with E-state index in [2.05, 4.69) is 138 Å². The van der Waals surface area contributed by atoms with Crippen molar-refractivity contribution in [1.29, 1.82) is 0 Å². The number of aryl methyl sites for hydroxylation is 4. The zero-order chi connectivity index (χ0) is 47.6. The van der Waals surface area contributed by atoms with E-state index in [1.807, 2.05) is 86.8 Å². The Morgan fingerprint density at radius 1 is 0.500 bits per heavy atom. The first-order valence-electron chi connectivity index (χ1n) is 23.6. The summed E-state index contributed by atoms with van der Waals surface area (Å²) < 4.78 is 29.0. The van der Waals surface area contributed by atoms with Gasteiger partial charge >= 0.3 is 0 Å². The van der Waals surface area contributed by atoms with Crippen molar-refractivity contribution < 1.29 is 9.22 Å². The molecule has 0 spiro atoms. The molecule has 0 saturated heterocycles. The van der Waals surface area contributed by atoms with Crippen LogP contribution in [0.2, 0.25) is 0 Å². The number of phenolic OH excluding ortho intramolecular Hbond substituents is 1. The highest BCUT2D eigenvalue weighted by Gasteiger charge is 2.25. The van der Waals surface area contributed by atoms with E-state index in [0.717, 1.165) is 72.4 Å². The molecule has 0 saturated carbocycles. The minimum Gasteiger partial charge on any atom is -0.507 e. The number of hydrogen-bond acceptors (Lipinski definition) is 3. The standard InChI is InChI=1S/C60H57N3O/c1-37-19-21-41(22-20-37)44-27-28-61-53(35-44)46-32-45(33-48(34-46)60(8,9)10)49-17-14-18-54-56(49)62-58(52-30-38(2)29-40(4)57(52)64)63(54)55-31-39(3)50(42-15-12-11-13-16-42)36-51(55)43-23-25-47(26-24-43)59(5,6)7/h11-36,64H,1-10H3/i3D3. The van der Waals surface area contributed by atoms with E-state index in [1.165, 1.54) is 11.1 Å². The fourth-order valence-corrected chi connectivity index (χ4v) is 8.78. The highest BCUT2D eigenvalue weighted by atomic mass is 16.3. The first-order chi connectivity index (χ1) is 31.7. The smallest absolute Gasteiger partial charge is 0.149 e. The van der Waals surface area contributed by atoms with Gasteiger partial charge in [-0.3, -0.25) is 9.55 Å². The van der Waals surface area contributed by atoms with E-state index in [9.17, 15) is 5.11 Å². The van der Waals surface area contributed by atoms with Crippen molar-refractivity contribution in [3.8, 4) is 78.6 Å². The minimum absolute atomic E-state index is 0.0729. The Kier molecular flexibility index (Phi) is 9.81. The number of pyridine rings is 1. The van der Waals surface area contributed by atoms with Gasteiger partial charge in [0.05, 0.1) is 28.0 Å². The van der Waals surface area contributed by atoms with Gasteiger partial charge in [-0.2, -0.15) is 0 Å². The average molecular weight is 839 g/mol. The van der Waals surface area contributed by atoms with Crippen molar-refractivity contribution in [1.82, 2.24) is 14.5 Å². The van der Waals surface area contributed by atoms with Gasteiger partial charge in [0.25, 0.3) is 0 Å². The Labute approximate surface area is 383 Å². The summed E-state index contributed by atoms with van der Waals surface area (Å²) in [6.07, 6.45) is 1.88. The van der Waals surface area contributed by atoms with Crippen LogP contribution >= 0.6 is 0 Å². The van der Waals surface area contributed by atoms with Crippen LogP contribution in [0.25, 0.3) is 83.9 Å². The Morgan fingerprint density at radius 2 is 1.19 bits per heavy atom. The van der Waals surface area contributed by atoms with E-state index < -0.39 is 6.85 Å². The fraction of sp³-hybridized carbons (Fsp3) is 0.200. The Bertz CT molecular complexity index is 3310. The van der Waals surface area contributed by atoms with E-state index in [1.54, 1.807) is 0 Å². The number of imidazole rings is 1. The number of para-hydroxylation sites is 1. The Hall–Kier alpha value is -7.04. The average Bonchev–Trinajstić information content (AvgIpc) is 3.69. The number of fused-ring (bicyclic) bond motifs is 1. The molecule has 0 bridgehead atoms. The maximum absolute atomic E-state index is 12.0. The molecular weight excluding hydrogens is 779 g/mol. The molecule has 9 rings (SSSR count).